The number of carbonyl (C=O) groups excluding carboxylic acids is 1. The van der Waals surface area contributed by atoms with Crippen LogP contribution in [-0.2, 0) is 14.8 Å². The number of nitrogens with zero attached hydrogens (tertiary/aromatic N) is 1. The number of rotatable bonds is 9. The van der Waals surface area contributed by atoms with Crippen LogP contribution in [0.4, 0.5) is 5.69 Å². The molecular formula is C16H26N2O4S. The summed E-state index contributed by atoms with van der Waals surface area (Å²) in [6, 6.07) is 5.32. The molecule has 0 aliphatic carbocycles. The number of anilines is 1. The normalized spacial score (nSPS) is 11.1. The summed E-state index contributed by atoms with van der Waals surface area (Å²) in [5.74, 6) is 0.311. The van der Waals surface area contributed by atoms with Gasteiger partial charge in [0.25, 0.3) is 0 Å². The molecule has 130 valence electrons. The second-order valence-electron chi connectivity index (χ2n) is 5.46. The molecule has 7 heteroatoms. The summed E-state index contributed by atoms with van der Waals surface area (Å²) in [5, 5.41) is 2.79. The lowest BCUT2D eigenvalue weighted by Crippen LogP contribution is -2.35. The van der Waals surface area contributed by atoms with Crippen molar-refractivity contribution in [1.82, 2.24) is 5.32 Å². The lowest BCUT2D eigenvalue weighted by Gasteiger charge is -2.24. The van der Waals surface area contributed by atoms with Crippen LogP contribution in [0.1, 0.15) is 31.7 Å². The molecule has 1 rings (SSSR count). The van der Waals surface area contributed by atoms with Gasteiger partial charge in [0.05, 0.1) is 19.1 Å². The number of carbonyl (C=O) groups is 1. The predicted molar refractivity (Wildman–Crippen MR) is 92.5 cm³/mol. The Bertz CT molecular complexity index is 629. The van der Waals surface area contributed by atoms with Gasteiger partial charge in [0, 0.05) is 19.5 Å². The summed E-state index contributed by atoms with van der Waals surface area (Å²) >= 11 is 0. The maximum absolute atomic E-state index is 12.1. The molecule has 1 amide bonds. The molecule has 0 saturated carbocycles. The van der Waals surface area contributed by atoms with Gasteiger partial charge in [0.15, 0.2) is 0 Å². The molecule has 1 aromatic carbocycles. The van der Waals surface area contributed by atoms with Gasteiger partial charge in [-0.05, 0) is 31.0 Å². The number of aryl methyl sites for hydroxylation is 1. The van der Waals surface area contributed by atoms with Crippen LogP contribution in [0, 0.1) is 6.92 Å². The molecule has 0 aromatic heterocycles. The smallest absolute Gasteiger partial charge is 0.232 e. The molecular weight excluding hydrogens is 316 g/mol. The van der Waals surface area contributed by atoms with E-state index in [0.29, 0.717) is 18.0 Å². The highest BCUT2D eigenvalue weighted by atomic mass is 32.2. The van der Waals surface area contributed by atoms with Crippen molar-refractivity contribution in [2.45, 2.75) is 33.1 Å². The minimum absolute atomic E-state index is 0.0800. The fraction of sp³-hybridized carbons (Fsp3) is 0.562. The van der Waals surface area contributed by atoms with E-state index in [1.807, 2.05) is 19.9 Å². The van der Waals surface area contributed by atoms with Gasteiger partial charge in [0.2, 0.25) is 15.9 Å². The Morgan fingerprint density at radius 3 is 2.61 bits per heavy atom. The van der Waals surface area contributed by atoms with Crippen LogP contribution in [0.3, 0.4) is 0 Å². The molecule has 23 heavy (non-hydrogen) atoms. The van der Waals surface area contributed by atoms with Crippen LogP contribution in [0.15, 0.2) is 18.2 Å². The van der Waals surface area contributed by atoms with Crippen molar-refractivity contribution in [3.05, 3.63) is 23.8 Å². The molecule has 0 atom stereocenters. The Labute approximate surface area is 138 Å². The number of nitrogens with one attached hydrogen (secondary N) is 1. The number of ether oxygens (including phenoxy) is 1. The molecule has 0 bridgehead atoms. The van der Waals surface area contributed by atoms with Gasteiger partial charge >= 0.3 is 0 Å². The maximum atomic E-state index is 12.1. The van der Waals surface area contributed by atoms with E-state index >= 15 is 0 Å². The monoisotopic (exact) mass is 342 g/mol. The van der Waals surface area contributed by atoms with E-state index in [1.165, 1.54) is 11.4 Å². The average molecular weight is 342 g/mol. The molecule has 0 aliphatic rings. The Hall–Kier alpha value is -1.76. The molecule has 1 aromatic rings. The molecule has 0 saturated heterocycles. The Kier molecular flexibility index (Phi) is 7.35. The minimum Gasteiger partial charge on any atom is -0.495 e. The molecule has 6 nitrogen and oxygen atoms in total. The fourth-order valence-electron chi connectivity index (χ4n) is 2.16. The third-order valence-corrected chi connectivity index (χ3v) is 4.58. The van der Waals surface area contributed by atoms with Crippen molar-refractivity contribution in [3.63, 3.8) is 0 Å². The number of hydrogen-bond donors (Lipinski definition) is 1. The first kappa shape index (κ1) is 19.3. The fourth-order valence-corrected chi connectivity index (χ4v) is 3.08. The van der Waals surface area contributed by atoms with Gasteiger partial charge in [0.1, 0.15) is 5.75 Å². The van der Waals surface area contributed by atoms with Crippen LogP contribution in [-0.4, -0.2) is 40.8 Å². The largest absolute Gasteiger partial charge is 0.495 e. The standard InChI is InChI=1S/C16H26N2O4S/c1-5-6-10-17-16(19)9-11-18(23(4,20)21)14-12-13(2)7-8-15(14)22-3/h7-8,12H,5-6,9-11H2,1-4H3,(H,17,19). The Morgan fingerprint density at radius 1 is 1.35 bits per heavy atom. The summed E-state index contributed by atoms with van der Waals surface area (Å²) in [6.07, 6.45) is 3.14. The SMILES string of the molecule is CCCCNC(=O)CCN(c1cc(C)ccc1OC)S(C)(=O)=O. The molecule has 0 unspecified atom stereocenters. The molecule has 0 aliphatic heterocycles. The van der Waals surface area contributed by atoms with E-state index in [-0.39, 0.29) is 18.9 Å². The van der Waals surface area contributed by atoms with Gasteiger partial charge in [-0.15, -0.1) is 0 Å². The van der Waals surface area contributed by atoms with Crippen molar-refractivity contribution in [2.75, 3.05) is 30.8 Å². The van der Waals surface area contributed by atoms with Crippen LogP contribution < -0.4 is 14.4 Å². The Morgan fingerprint density at radius 2 is 2.04 bits per heavy atom. The summed E-state index contributed by atoms with van der Waals surface area (Å²) < 4.78 is 30.7. The van der Waals surface area contributed by atoms with Crippen LogP contribution in [0.25, 0.3) is 0 Å². The van der Waals surface area contributed by atoms with Crippen molar-refractivity contribution in [2.24, 2.45) is 0 Å². The zero-order chi connectivity index (χ0) is 17.5. The van der Waals surface area contributed by atoms with Crippen molar-refractivity contribution in [3.8, 4) is 5.75 Å². The van der Waals surface area contributed by atoms with E-state index in [9.17, 15) is 13.2 Å². The van der Waals surface area contributed by atoms with Crippen molar-refractivity contribution < 1.29 is 17.9 Å². The highest BCUT2D eigenvalue weighted by Crippen LogP contribution is 2.31. The minimum atomic E-state index is -3.51. The molecule has 0 radical (unpaired) electrons. The summed E-state index contributed by atoms with van der Waals surface area (Å²) in [4.78, 5) is 11.8. The molecule has 0 fully saturated rings. The summed E-state index contributed by atoms with van der Waals surface area (Å²) in [6.45, 7) is 4.61. The second kappa shape index (κ2) is 8.76. The summed E-state index contributed by atoms with van der Waals surface area (Å²) in [7, 11) is -2.02. The van der Waals surface area contributed by atoms with E-state index in [0.717, 1.165) is 24.7 Å². The number of unbranched alkanes of at least 4 members (excludes halogenated alkanes) is 1. The van der Waals surface area contributed by atoms with Gasteiger partial charge in [-0.1, -0.05) is 19.4 Å². The van der Waals surface area contributed by atoms with Gasteiger partial charge in [-0.3, -0.25) is 9.10 Å². The lowest BCUT2D eigenvalue weighted by molar-refractivity contribution is -0.120. The number of methoxy groups -OCH3 is 1. The van der Waals surface area contributed by atoms with E-state index < -0.39 is 10.0 Å². The van der Waals surface area contributed by atoms with Crippen molar-refractivity contribution in [1.29, 1.82) is 0 Å². The maximum Gasteiger partial charge on any atom is 0.232 e. The first-order chi connectivity index (χ1) is 10.8. The number of amides is 1. The highest BCUT2D eigenvalue weighted by molar-refractivity contribution is 7.92. The van der Waals surface area contributed by atoms with Gasteiger partial charge in [-0.25, -0.2) is 8.42 Å². The van der Waals surface area contributed by atoms with Gasteiger partial charge < -0.3 is 10.1 Å². The van der Waals surface area contributed by atoms with Crippen LogP contribution in [0.5, 0.6) is 5.75 Å². The molecule has 0 spiro atoms. The van der Waals surface area contributed by atoms with Crippen LogP contribution in [0.2, 0.25) is 0 Å². The molecule has 0 heterocycles. The third-order valence-electron chi connectivity index (χ3n) is 3.40. The number of hydrogen-bond acceptors (Lipinski definition) is 4. The zero-order valence-electron chi connectivity index (χ0n) is 14.3. The second-order valence-corrected chi connectivity index (χ2v) is 7.37. The zero-order valence-corrected chi connectivity index (χ0v) is 15.1. The Balaban J connectivity index is 2.91. The van der Waals surface area contributed by atoms with Crippen molar-refractivity contribution >= 4 is 21.6 Å². The third kappa shape index (κ3) is 6.09. The number of benzene rings is 1. The van der Waals surface area contributed by atoms with E-state index in [4.69, 9.17) is 4.74 Å². The van der Waals surface area contributed by atoms with Crippen LogP contribution >= 0.6 is 0 Å². The van der Waals surface area contributed by atoms with E-state index in [1.54, 1.807) is 12.1 Å². The van der Waals surface area contributed by atoms with Gasteiger partial charge in [-0.2, -0.15) is 0 Å². The lowest BCUT2D eigenvalue weighted by atomic mass is 10.2. The highest BCUT2D eigenvalue weighted by Gasteiger charge is 2.22. The predicted octanol–water partition coefficient (Wildman–Crippen LogP) is 2.08. The first-order valence-electron chi connectivity index (χ1n) is 7.68. The molecule has 1 N–H and O–H groups in total. The average Bonchev–Trinajstić information content (AvgIpc) is 2.46. The quantitative estimate of drug-likeness (QED) is 0.697. The first-order valence-corrected chi connectivity index (χ1v) is 9.53. The number of sulfonamides is 1. The summed E-state index contributed by atoms with van der Waals surface area (Å²) in [5.41, 5.74) is 1.37. The van der Waals surface area contributed by atoms with E-state index in [2.05, 4.69) is 5.32 Å². The topological polar surface area (TPSA) is 75.7 Å².